The molecule has 0 aromatic carbocycles. The molecular weight excluding hydrogens is 217 g/mol. The van der Waals surface area contributed by atoms with Crippen LogP contribution in [0.2, 0.25) is 0 Å². The van der Waals surface area contributed by atoms with Crippen LogP contribution in [0, 0.1) is 16.1 Å². The largest absolute Gasteiger partial charge is 0.476 e. The van der Waals surface area contributed by atoms with E-state index in [0.717, 1.165) is 7.11 Å². The van der Waals surface area contributed by atoms with E-state index in [-0.39, 0.29) is 0 Å². The normalized spacial score (nSPS) is 10.5. The van der Waals surface area contributed by atoms with E-state index >= 15 is 0 Å². The van der Waals surface area contributed by atoms with Gasteiger partial charge in [-0.1, -0.05) is 0 Å². The highest BCUT2D eigenvalue weighted by Gasteiger charge is 2.25. The summed E-state index contributed by atoms with van der Waals surface area (Å²) in [6, 6.07) is 0.409. The molecule has 0 aliphatic rings. The summed E-state index contributed by atoms with van der Waals surface area (Å²) in [6.45, 7) is 0. The monoisotopic (exact) mass is 222 g/mol. The summed E-state index contributed by atoms with van der Waals surface area (Å²) in [4.78, 5) is 12.3. The van der Waals surface area contributed by atoms with E-state index in [1.54, 1.807) is 0 Å². The van der Waals surface area contributed by atoms with Gasteiger partial charge in [-0.05, 0) is 0 Å². The Morgan fingerprint density at radius 3 is 2.60 bits per heavy atom. The van der Waals surface area contributed by atoms with Gasteiger partial charge in [-0.3, -0.25) is 10.1 Å². The number of hydrogen-bond donors (Lipinski definition) is 0. The summed E-state index contributed by atoms with van der Waals surface area (Å²) in [7, 11) is 1.02. The maximum Gasteiger partial charge on any atom is 0.331 e. The van der Waals surface area contributed by atoms with E-state index in [4.69, 9.17) is 0 Å². The fourth-order valence-corrected chi connectivity index (χ4v) is 0.914. The molecule has 0 N–H and O–H groups in total. The summed E-state index contributed by atoms with van der Waals surface area (Å²) < 4.78 is 41.5. The number of halogens is 3. The summed E-state index contributed by atoms with van der Waals surface area (Å²) in [5.74, 6) is -2.12. The molecule has 0 radical (unpaired) electrons. The molecule has 1 heterocycles. The molecular formula is C7H5F3N2O3. The van der Waals surface area contributed by atoms with Crippen LogP contribution in [0.1, 0.15) is 12.0 Å². The smallest absolute Gasteiger partial charge is 0.331 e. The third-order valence-electron chi connectivity index (χ3n) is 1.57. The van der Waals surface area contributed by atoms with Crippen molar-refractivity contribution in [3.8, 4) is 5.88 Å². The Morgan fingerprint density at radius 1 is 1.60 bits per heavy atom. The van der Waals surface area contributed by atoms with Crippen molar-refractivity contribution >= 4 is 5.69 Å². The van der Waals surface area contributed by atoms with Crippen LogP contribution in [-0.4, -0.2) is 17.0 Å². The van der Waals surface area contributed by atoms with Crippen molar-refractivity contribution in [3.63, 3.8) is 0 Å². The third kappa shape index (κ3) is 2.14. The van der Waals surface area contributed by atoms with Crippen LogP contribution in [0.5, 0.6) is 5.88 Å². The standard InChI is InChI=1S/C7H5F3N2O3/c1-15-7-4(12(13)14)2-3(5(8)9)6(10)11-7/h2,5H,1H3. The molecule has 0 amide bonds. The molecule has 82 valence electrons. The van der Waals surface area contributed by atoms with E-state index in [9.17, 15) is 23.3 Å². The average molecular weight is 222 g/mol. The molecule has 0 bridgehead atoms. The minimum absolute atomic E-state index is 0.409. The van der Waals surface area contributed by atoms with E-state index in [0.29, 0.717) is 6.07 Å². The number of aromatic nitrogens is 1. The van der Waals surface area contributed by atoms with Gasteiger partial charge in [0.15, 0.2) is 0 Å². The van der Waals surface area contributed by atoms with Crippen molar-refractivity contribution in [2.24, 2.45) is 0 Å². The lowest BCUT2D eigenvalue weighted by Gasteiger charge is -2.04. The second-order valence-corrected chi connectivity index (χ2v) is 2.45. The first-order chi connectivity index (χ1) is 6.97. The van der Waals surface area contributed by atoms with Gasteiger partial charge in [0.2, 0.25) is 5.95 Å². The van der Waals surface area contributed by atoms with E-state index in [2.05, 4.69) is 9.72 Å². The lowest BCUT2D eigenvalue weighted by atomic mass is 10.2. The van der Waals surface area contributed by atoms with Crippen molar-refractivity contribution in [2.45, 2.75) is 6.43 Å². The summed E-state index contributed by atoms with van der Waals surface area (Å²) in [6.07, 6.45) is -3.16. The Hall–Kier alpha value is -1.86. The van der Waals surface area contributed by atoms with Crippen LogP contribution in [0.25, 0.3) is 0 Å². The number of alkyl halides is 2. The highest BCUT2D eigenvalue weighted by Crippen LogP contribution is 2.31. The molecule has 0 saturated heterocycles. The van der Waals surface area contributed by atoms with Crippen LogP contribution in [0.15, 0.2) is 6.07 Å². The number of rotatable bonds is 3. The molecule has 1 rings (SSSR count). The molecule has 5 nitrogen and oxygen atoms in total. The van der Waals surface area contributed by atoms with Crippen LogP contribution in [-0.2, 0) is 0 Å². The van der Waals surface area contributed by atoms with Crippen LogP contribution in [0.3, 0.4) is 0 Å². The maximum atomic E-state index is 12.8. The topological polar surface area (TPSA) is 65.3 Å². The number of ether oxygens (including phenoxy) is 1. The van der Waals surface area contributed by atoms with Gasteiger partial charge < -0.3 is 4.74 Å². The van der Waals surface area contributed by atoms with Gasteiger partial charge in [0.05, 0.1) is 17.6 Å². The molecule has 1 aromatic rings. The lowest BCUT2D eigenvalue weighted by Crippen LogP contribution is -2.02. The molecule has 15 heavy (non-hydrogen) atoms. The highest BCUT2D eigenvalue weighted by atomic mass is 19.3. The molecule has 0 aliphatic carbocycles. The van der Waals surface area contributed by atoms with Crippen molar-refractivity contribution in [3.05, 3.63) is 27.7 Å². The second-order valence-electron chi connectivity index (χ2n) is 2.45. The Morgan fingerprint density at radius 2 is 2.20 bits per heavy atom. The first-order valence-electron chi connectivity index (χ1n) is 3.64. The number of nitro groups is 1. The molecule has 0 fully saturated rings. The fourth-order valence-electron chi connectivity index (χ4n) is 0.914. The van der Waals surface area contributed by atoms with Gasteiger partial charge in [0.25, 0.3) is 12.3 Å². The molecule has 0 atom stereocenters. The third-order valence-corrected chi connectivity index (χ3v) is 1.57. The van der Waals surface area contributed by atoms with E-state index in [1.807, 2.05) is 0 Å². The number of methoxy groups -OCH3 is 1. The predicted molar refractivity (Wildman–Crippen MR) is 42.4 cm³/mol. The quantitative estimate of drug-likeness (QED) is 0.446. The zero-order valence-electron chi connectivity index (χ0n) is 7.41. The fraction of sp³-hybridized carbons (Fsp3) is 0.286. The van der Waals surface area contributed by atoms with Crippen molar-refractivity contribution in [1.29, 1.82) is 0 Å². The summed E-state index contributed by atoms with van der Waals surface area (Å²) in [5.41, 5.74) is -1.92. The maximum absolute atomic E-state index is 12.8. The molecule has 1 aromatic heterocycles. The SMILES string of the molecule is COc1nc(F)c(C(F)F)cc1[N+](=O)[O-]. The van der Waals surface area contributed by atoms with Gasteiger partial charge in [0, 0.05) is 6.07 Å². The first-order valence-corrected chi connectivity index (χ1v) is 3.64. The zero-order chi connectivity index (χ0) is 11.6. The van der Waals surface area contributed by atoms with Crippen molar-refractivity contribution in [1.82, 2.24) is 4.98 Å². The molecule has 0 saturated carbocycles. The van der Waals surface area contributed by atoms with Gasteiger partial charge in [-0.25, -0.2) is 8.78 Å². The van der Waals surface area contributed by atoms with Crippen LogP contribution < -0.4 is 4.74 Å². The highest BCUT2D eigenvalue weighted by molar-refractivity contribution is 5.43. The van der Waals surface area contributed by atoms with Crippen molar-refractivity contribution < 1.29 is 22.8 Å². The second kappa shape index (κ2) is 4.11. The first kappa shape index (κ1) is 11.2. The predicted octanol–water partition coefficient (Wildman–Crippen LogP) is 2.08. The molecule has 0 unspecified atom stereocenters. The number of pyridine rings is 1. The van der Waals surface area contributed by atoms with Crippen LogP contribution >= 0.6 is 0 Å². The van der Waals surface area contributed by atoms with E-state index in [1.165, 1.54) is 0 Å². The average Bonchev–Trinajstić information content (AvgIpc) is 2.16. The molecule has 0 spiro atoms. The van der Waals surface area contributed by atoms with Gasteiger partial charge >= 0.3 is 5.69 Å². The summed E-state index contributed by atoms with van der Waals surface area (Å²) in [5, 5.41) is 10.4. The number of hydrogen-bond acceptors (Lipinski definition) is 4. The van der Waals surface area contributed by atoms with Crippen molar-refractivity contribution in [2.75, 3.05) is 7.11 Å². The van der Waals surface area contributed by atoms with Gasteiger partial charge in [-0.2, -0.15) is 9.37 Å². The lowest BCUT2D eigenvalue weighted by molar-refractivity contribution is -0.386. The Kier molecular flexibility index (Phi) is 3.08. The minimum Gasteiger partial charge on any atom is -0.476 e. The van der Waals surface area contributed by atoms with Crippen LogP contribution in [0.4, 0.5) is 18.9 Å². The Balaban J connectivity index is 3.37. The molecule has 8 heteroatoms. The zero-order valence-corrected chi connectivity index (χ0v) is 7.41. The Bertz CT molecular complexity index is 397. The molecule has 0 aliphatic heterocycles. The van der Waals surface area contributed by atoms with E-state index < -0.39 is 34.4 Å². The van der Waals surface area contributed by atoms with Gasteiger partial charge in [-0.15, -0.1) is 0 Å². The Labute approximate surface area is 81.6 Å². The summed E-state index contributed by atoms with van der Waals surface area (Å²) >= 11 is 0. The minimum atomic E-state index is -3.16. The number of nitrogens with zero attached hydrogens (tertiary/aromatic N) is 2. The van der Waals surface area contributed by atoms with Gasteiger partial charge in [0.1, 0.15) is 0 Å².